The number of rotatable bonds is 3. The summed E-state index contributed by atoms with van der Waals surface area (Å²) in [4.78, 5) is 29.4. The maximum atomic E-state index is 12.7. The third kappa shape index (κ3) is 2.29. The quantitative estimate of drug-likeness (QED) is 0.528. The predicted molar refractivity (Wildman–Crippen MR) is 79.0 cm³/mol. The van der Waals surface area contributed by atoms with Crippen LogP contribution in [0.1, 0.15) is 45.4 Å². The number of carbonyl (C=O) groups is 2. The first kappa shape index (κ1) is 15.8. The Bertz CT molecular complexity index is 601. The van der Waals surface area contributed by atoms with Gasteiger partial charge in [0.2, 0.25) is 5.91 Å². The van der Waals surface area contributed by atoms with E-state index in [1.54, 1.807) is 26.0 Å². The molecule has 1 atom stereocenters. The summed E-state index contributed by atoms with van der Waals surface area (Å²) in [5, 5.41) is 3.14. The Balaban J connectivity index is 2.74. The van der Waals surface area contributed by atoms with Gasteiger partial charge in [-0.05, 0) is 33.3 Å². The number of hydrogen-bond acceptors (Lipinski definition) is 4. The van der Waals surface area contributed by atoms with Crippen molar-refractivity contribution in [3.05, 3.63) is 28.5 Å². The molecule has 1 unspecified atom stereocenters. The summed E-state index contributed by atoms with van der Waals surface area (Å²) in [6.45, 7) is 7.40. The number of pyridine rings is 1. The molecule has 114 valence electrons. The summed E-state index contributed by atoms with van der Waals surface area (Å²) >= 11 is 5.99. The zero-order valence-corrected chi connectivity index (χ0v) is 13.4. The maximum Gasteiger partial charge on any atom is 0.327 e. The highest BCUT2D eigenvalue weighted by atomic mass is 35.5. The number of fused-ring (bicyclic) bond motifs is 1. The topological polar surface area (TPSA) is 68.3 Å². The third-order valence-corrected chi connectivity index (χ3v) is 4.12. The fraction of sp³-hybridized carbons (Fsp3) is 0.533. The van der Waals surface area contributed by atoms with Crippen LogP contribution in [0.15, 0.2) is 12.1 Å². The largest absolute Gasteiger partial charge is 0.465 e. The summed E-state index contributed by atoms with van der Waals surface area (Å²) in [5.74, 6) is -0.979. The average Bonchev–Trinajstić information content (AvgIpc) is 2.38. The molecular formula is C15H19ClN2O3. The highest BCUT2D eigenvalue weighted by Gasteiger charge is 2.55. The van der Waals surface area contributed by atoms with Crippen LogP contribution in [0.5, 0.6) is 0 Å². The molecule has 0 bridgehead atoms. The molecular weight excluding hydrogens is 292 g/mol. The minimum absolute atomic E-state index is 0.202. The standard InChI is InChI=1S/C15H19ClN2O3/c1-5-15(13(20)21-6-2)11-9(7-8-10(16)17-11)14(3,4)18-12(15)19/h7-8H,5-6H2,1-4H3,(H,18,19). The lowest BCUT2D eigenvalue weighted by atomic mass is 9.71. The van der Waals surface area contributed by atoms with Crippen molar-refractivity contribution in [3.8, 4) is 0 Å². The Morgan fingerprint density at radius 1 is 1.38 bits per heavy atom. The first-order valence-electron chi connectivity index (χ1n) is 6.97. The number of ether oxygens (including phenoxy) is 1. The second kappa shape index (κ2) is 5.30. The number of halogens is 1. The molecule has 0 fully saturated rings. The third-order valence-electron chi connectivity index (χ3n) is 3.91. The van der Waals surface area contributed by atoms with E-state index in [1.807, 2.05) is 13.8 Å². The minimum Gasteiger partial charge on any atom is -0.465 e. The summed E-state index contributed by atoms with van der Waals surface area (Å²) in [5.41, 5.74) is -0.882. The molecule has 0 saturated heterocycles. The molecule has 0 aromatic carbocycles. The molecule has 1 amide bonds. The molecule has 1 aliphatic rings. The lowest BCUT2D eigenvalue weighted by molar-refractivity contribution is -0.156. The SMILES string of the molecule is CCOC(=O)C1(CC)C(=O)NC(C)(C)c2ccc(Cl)nc21. The van der Waals surface area contributed by atoms with Crippen molar-refractivity contribution < 1.29 is 14.3 Å². The molecule has 2 rings (SSSR count). The second-order valence-corrected chi connectivity index (χ2v) is 5.98. The number of hydrogen-bond donors (Lipinski definition) is 1. The van der Waals surface area contributed by atoms with Gasteiger partial charge in [0.05, 0.1) is 17.8 Å². The first-order valence-corrected chi connectivity index (χ1v) is 7.34. The van der Waals surface area contributed by atoms with Crippen LogP contribution >= 0.6 is 11.6 Å². The van der Waals surface area contributed by atoms with E-state index in [1.165, 1.54) is 0 Å². The number of carbonyl (C=O) groups excluding carboxylic acids is 2. The molecule has 0 saturated carbocycles. The van der Waals surface area contributed by atoms with Gasteiger partial charge in [-0.25, -0.2) is 4.98 Å². The van der Waals surface area contributed by atoms with Gasteiger partial charge in [0.15, 0.2) is 5.41 Å². The van der Waals surface area contributed by atoms with E-state index in [-0.39, 0.29) is 18.2 Å². The molecule has 6 heteroatoms. The van der Waals surface area contributed by atoms with Crippen LogP contribution < -0.4 is 5.32 Å². The van der Waals surface area contributed by atoms with Gasteiger partial charge >= 0.3 is 5.97 Å². The molecule has 0 spiro atoms. The van der Waals surface area contributed by atoms with Crippen molar-refractivity contribution in [1.29, 1.82) is 0 Å². The van der Waals surface area contributed by atoms with Gasteiger partial charge in [-0.15, -0.1) is 0 Å². The first-order chi connectivity index (χ1) is 9.79. The van der Waals surface area contributed by atoms with E-state index in [2.05, 4.69) is 10.3 Å². The summed E-state index contributed by atoms with van der Waals surface area (Å²) in [6.07, 6.45) is 0.258. The Hall–Kier alpha value is -1.62. The minimum atomic E-state index is -1.44. The van der Waals surface area contributed by atoms with Crippen LogP contribution in [0.4, 0.5) is 0 Å². The van der Waals surface area contributed by atoms with Crippen LogP contribution in [0.25, 0.3) is 0 Å². The highest BCUT2D eigenvalue weighted by molar-refractivity contribution is 6.29. The second-order valence-electron chi connectivity index (χ2n) is 5.59. The van der Waals surface area contributed by atoms with Gasteiger partial charge < -0.3 is 10.1 Å². The number of esters is 1. The van der Waals surface area contributed by atoms with Crippen molar-refractivity contribution in [3.63, 3.8) is 0 Å². The van der Waals surface area contributed by atoms with E-state index >= 15 is 0 Å². The van der Waals surface area contributed by atoms with E-state index in [4.69, 9.17) is 16.3 Å². The van der Waals surface area contributed by atoms with Crippen molar-refractivity contribution in [2.75, 3.05) is 6.61 Å². The molecule has 2 heterocycles. The van der Waals surface area contributed by atoms with Gasteiger partial charge in [-0.1, -0.05) is 24.6 Å². The van der Waals surface area contributed by atoms with Crippen LogP contribution in [0, 0.1) is 0 Å². The molecule has 0 aliphatic carbocycles. The van der Waals surface area contributed by atoms with Gasteiger partial charge in [0.1, 0.15) is 5.15 Å². The zero-order chi connectivity index (χ0) is 15.8. The number of amides is 1. The van der Waals surface area contributed by atoms with Crippen LogP contribution in [-0.2, 0) is 25.3 Å². The number of nitrogens with one attached hydrogen (secondary N) is 1. The zero-order valence-electron chi connectivity index (χ0n) is 12.6. The fourth-order valence-corrected chi connectivity index (χ4v) is 2.89. The maximum absolute atomic E-state index is 12.7. The summed E-state index contributed by atoms with van der Waals surface area (Å²) in [6, 6.07) is 3.46. The van der Waals surface area contributed by atoms with Gasteiger partial charge in [0.25, 0.3) is 0 Å². The molecule has 5 nitrogen and oxygen atoms in total. The van der Waals surface area contributed by atoms with Gasteiger partial charge in [0, 0.05) is 5.56 Å². The monoisotopic (exact) mass is 310 g/mol. The van der Waals surface area contributed by atoms with Gasteiger partial charge in [-0.2, -0.15) is 0 Å². The van der Waals surface area contributed by atoms with Crippen molar-refractivity contribution in [2.24, 2.45) is 0 Å². The lowest BCUT2D eigenvalue weighted by Crippen LogP contribution is -2.60. The van der Waals surface area contributed by atoms with Crippen LogP contribution in [-0.4, -0.2) is 23.5 Å². The van der Waals surface area contributed by atoms with Crippen molar-refractivity contribution in [2.45, 2.75) is 45.1 Å². The average molecular weight is 311 g/mol. The van der Waals surface area contributed by atoms with E-state index in [0.29, 0.717) is 5.69 Å². The molecule has 0 radical (unpaired) electrons. The van der Waals surface area contributed by atoms with Gasteiger partial charge in [-0.3, -0.25) is 9.59 Å². The van der Waals surface area contributed by atoms with E-state index in [9.17, 15) is 9.59 Å². The smallest absolute Gasteiger partial charge is 0.327 e. The molecule has 1 aromatic heterocycles. The number of nitrogens with zero attached hydrogens (tertiary/aromatic N) is 1. The van der Waals surface area contributed by atoms with Crippen molar-refractivity contribution >= 4 is 23.5 Å². The molecule has 1 N–H and O–H groups in total. The summed E-state index contributed by atoms with van der Waals surface area (Å²) < 4.78 is 5.13. The molecule has 1 aliphatic heterocycles. The lowest BCUT2D eigenvalue weighted by Gasteiger charge is -2.42. The number of aromatic nitrogens is 1. The van der Waals surface area contributed by atoms with Crippen LogP contribution in [0.2, 0.25) is 5.15 Å². The van der Waals surface area contributed by atoms with Crippen LogP contribution in [0.3, 0.4) is 0 Å². The Kier molecular flexibility index (Phi) is 3.97. The highest BCUT2D eigenvalue weighted by Crippen LogP contribution is 2.40. The van der Waals surface area contributed by atoms with Crippen molar-refractivity contribution in [1.82, 2.24) is 10.3 Å². The van der Waals surface area contributed by atoms with E-state index < -0.39 is 22.8 Å². The molecule has 21 heavy (non-hydrogen) atoms. The normalized spacial score (nSPS) is 23.2. The Labute approximate surface area is 129 Å². The predicted octanol–water partition coefficient (Wildman–Crippen LogP) is 2.31. The Morgan fingerprint density at radius 2 is 2.05 bits per heavy atom. The summed E-state index contributed by atoms with van der Waals surface area (Å²) in [7, 11) is 0. The Morgan fingerprint density at radius 3 is 2.62 bits per heavy atom. The fourth-order valence-electron chi connectivity index (χ4n) is 2.75. The van der Waals surface area contributed by atoms with E-state index in [0.717, 1.165) is 5.56 Å². The molecule has 1 aromatic rings.